The minimum absolute atomic E-state index is 0.0129. The van der Waals surface area contributed by atoms with E-state index in [-0.39, 0.29) is 18.1 Å². The van der Waals surface area contributed by atoms with E-state index in [0.29, 0.717) is 41.8 Å². The fourth-order valence-corrected chi connectivity index (χ4v) is 4.53. The third-order valence-electron chi connectivity index (χ3n) is 6.56. The van der Waals surface area contributed by atoms with Crippen molar-refractivity contribution in [2.45, 2.75) is 58.3 Å². The molecule has 0 saturated carbocycles. The molecule has 2 aromatic carbocycles. The number of aliphatic imine (C=N–C) groups is 1. The molecule has 6 heteroatoms. The number of unbranched alkanes of at least 4 members (excludes halogenated alkanes) is 2. The zero-order chi connectivity index (χ0) is 23.2. The lowest BCUT2D eigenvalue weighted by Gasteiger charge is -2.22. The molecule has 0 bridgehead atoms. The molecule has 1 fully saturated rings. The molecular weight excluding hydrogens is 416 g/mol. The second-order valence-electron chi connectivity index (χ2n) is 8.88. The fourth-order valence-electron chi connectivity index (χ4n) is 4.53. The van der Waals surface area contributed by atoms with Crippen LogP contribution in [0.2, 0.25) is 0 Å². The third kappa shape index (κ3) is 5.38. The standard InChI is InChI=1S/C27H34N2O4/c1-4-5-9-12-32-19(2)21-13-22-16-28-24-15-26(33-18-20-10-7-6-8-11-20)25(31-3)14-23(24)27(30)29(22)17-21/h6-8,10-11,14-16,19,21-22H,4-5,9,12-13,17-18H2,1-3H3/t19?,21?,22-/m0/s1. The number of amides is 1. The van der Waals surface area contributed by atoms with Crippen LogP contribution in [0.15, 0.2) is 47.5 Å². The molecule has 2 aliphatic heterocycles. The first-order valence-electron chi connectivity index (χ1n) is 12.0. The average Bonchev–Trinajstić information content (AvgIpc) is 3.23. The van der Waals surface area contributed by atoms with Gasteiger partial charge in [-0.1, -0.05) is 50.1 Å². The number of hydrogen-bond donors (Lipinski definition) is 0. The number of benzene rings is 2. The van der Waals surface area contributed by atoms with E-state index in [1.54, 1.807) is 13.2 Å². The van der Waals surface area contributed by atoms with Crippen LogP contribution in [0.25, 0.3) is 0 Å². The Kier molecular flexibility index (Phi) is 7.65. The van der Waals surface area contributed by atoms with E-state index < -0.39 is 0 Å². The average molecular weight is 451 g/mol. The minimum atomic E-state index is -0.0173. The maximum atomic E-state index is 13.5. The van der Waals surface area contributed by atoms with Gasteiger partial charge in [0.25, 0.3) is 5.91 Å². The van der Waals surface area contributed by atoms with Crippen molar-refractivity contribution >= 4 is 17.8 Å². The largest absolute Gasteiger partial charge is 0.493 e. The monoisotopic (exact) mass is 450 g/mol. The molecular formula is C27H34N2O4. The molecule has 6 nitrogen and oxygen atoms in total. The van der Waals surface area contributed by atoms with Gasteiger partial charge in [0.1, 0.15) is 6.61 Å². The van der Waals surface area contributed by atoms with E-state index in [4.69, 9.17) is 14.2 Å². The fraction of sp³-hybridized carbons (Fsp3) is 0.481. The van der Waals surface area contributed by atoms with E-state index >= 15 is 0 Å². The maximum absolute atomic E-state index is 13.5. The van der Waals surface area contributed by atoms with E-state index in [0.717, 1.165) is 25.0 Å². The highest BCUT2D eigenvalue weighted by atomic mass is 16.5. The number of carbonyl (C=O) groups excluding carboxylic acids is 1. The number of hydrogen-bond acceptors (Lipinski definition) is 5. The molecule has 3 atom stereocenters. The Morgan fingerprint density at radius 2 is 1.97 bits per heavy atom. The van der Waals surface area contributed by atoms with E-state index in [1.807, 2.05) is 47.5 Å². The van der Waals surface area contributed by atoms with Crippen molar-refractivity contribution in [2.75, 3.05) is 20.3 Å². The molecule has 0 aromatic heterocycles. The second kappa shape index (κ2) is 10.8. The molecule has 0 spiro atoms. The molecule has 4 rings (SSSR count). The smallest absolute Gasteiger partial charge is 0.256 e. The van der Waals surface area contributed by atoms with Crippen LogP contribution in [-0.4, -0.2) is 49.4 Å². The topological polar surface area (TPSA) is 60.4 Å². The Morgan fingerprint density at radius 3 is 2.73 bits per heavy atom. The normalized spacial score (nSPS) is 20.2. The summed E-state index contributed by atoms with van der Waals surface area (Å²) in [5.74, 6) is 1.42. The van der Waals surface area contributed by atoms with E-state index in [1.165, 1.54) is 12.8 Å². The Balaban J connectivity index is 1.47. The maximum Gasteiger partial charge on any atom is 0.256 e. The first-order valence-corrected chi connectivity index (χ1v) is 12.0. The van der Waals surface area contributed by atoms with E-state index in [2.05, 4.69) is 18.8 Å². The minimum Gasteiger partial charge on any atom is -0.493 e. The van der Waals surface area contributed by atoms with Gasteiger partial charge in [0.2, 0.25) is 0 Å². The quantitative estimate of drug-likeness (QED) is 0.454. The Hall–Kier alpha value is -2.86. The molecule has 2 aliphatic rings. The molecule has 2 unspecified atom stereocenters. The van der Waals surface area contributed by atoms with Gasteiger partial charge >= 0.3 is 0 Å². The molecule has 2 aromatic rings. The van der Waals surface area contributed by atoms with Crippen LogP contribution in [0.4, 0.5) is 5.69 Å². The lowest BCUT2D eigenvalue weighted by molar-refractivity contribution is 0.0253. The van der Waals surface area contributed by atoms with Gasteiger partial charge in [0, 0.05) is 31.4 Å². The van der Waals surface area contributed by atoms with Crippen LogP contribution >= 0.6 is 0 Å². The molecule has 0 aliphatic carbocycles. The van der Waals surface area contributed by atoms with Gasteiger partial charge in [-0.3, -0.25) is 9.79 Å². The highest BCUT2D eigenvalue weighted by Gasteiger charge is 2.39. The Labute approximate surface area is 196 Å². The van der Waals surface area contributed by atoms with Crippen molar-refractivity contribution in [3.63, 3.8) is 0 Å². The van der Waals surface area contributed by atoms with Gasteiger partial charge in [-0.2, -0.15) is 0 Å². The van der Waals surface area contributed by atoms with Crippen molar-refractivity contribution in [3.8, 4) is 11.5 Å². The summed E-state index contributed by atoms with van der Waals surface area (Å²) in [5.41, 5.74) is 2.24. The summed E-state index contributed by atoms with van der Waals surface area (Å²) in [6.07, 6.45) is 6.35. The number of carbonyl (C=O) groups is 1. The molecule has 0 N–H and O–H groups in total. The van der Waals surface area contributed by atoms with Crippen molar-refractivity contribution in [3.05, 3.63) is 53.6 Å². The van der Waals surface area contributed by atoms with Crippen LogP contribution in [-0.2, 0) is 11.3 Å². The number of fused-ring (bicyclic) bond motifs is 2. The van der Waals surface area contributed by atoms with Crippen molar-refractivity contribution in [2.24, 2.45) is 10.9 Å². The Bertz CT molecular complexity index is 976. The lowest BCUT2D eigenvalue weighted by atomic mass is 10.0. The van der Waals surface area contributed by atoms with Gasteiger partial charge in [-0.15, -0.1) is 0 Å². The van der Waals surface area contributed by atoms with Crippen molar-refractivity contribution < 1.29 is 19.0 Å². The highest BCUT2D eigenvalue weighted by Crippen LogP contribution is 2.39. The predicted octanol–water partition coefficient (Wildman–Crippen LogP) is 5.42. The van der Waals surface area contributed by atoms with Gasteiger partial charge in [0.05, 0.1) is 30.5 Å². The third-order valence-corrected chi connectivity index (χ3v) is 6.56. The van der Waals surface area contributed by atoms with Crippen LogP contribution in [0.3, 0.4) is 0 Å². The summed E-state index contributed by atoms with van der Waals surface area (Å²) in [6, 6.07) is 13.5. The second-order valence-corrected chi connectivity index (χ2v) is 8.88. The van der Waals surface area contributed by atoms with Crippen LogP contribution in [0.5, 0.6) is 11.5 Å². The lowest BCUT2D eigenvalue weighted by Crippen LogP contribution is -2.36. The van der Waals surface area contributed by atoms with Crippen LogP contribution < -0.4 is 9.47 Å². The molecule has 33 heavy (non-hydrogen) atoms. The molecule has 176 valence electrons. The van der Waals surface area contributed by atoms with Crippen LogP contribution in [0.1, 0.15) is 55.5 Å². The van der Waals surface area contributed by atoms with E-state index in [9.17, 15) is 4.79 Å². The van der Waals surface area contributed by atoms with Gasteiger partial charge in [-0.25, -0.2) is 0 Å². The summed E-state index contributed by atoms with van der Waals surface area (Å²) >= 11 is 0. The SMILES string of the molecule is CCCCCOC(C)C1C[C@H]2C=Nc3cc(OCc4ccccc4)c(OC)cc3C(=O)N2C1. The summed E-state index contributed by atoms with van der Waals surface area (Å²) in [5, 5.41) is 0. The predicted molar refractivity (Wildman–Crippen MR) is 130 cm³/mol. The van der Waals surface area contributed by atoms with Gasteiger partial charge in [-0.05, 0) is 31.4 Å². The van der Waals surface area contributed by atoms with Gasteiger partial charge < -0.3 is 19.1 Å². The molecule has 2 heterocycles. The van der Waals surface area contributed by atoms with Crippen molar-refractivity contribution in [1.82, 2.24) is 4.90 Å². The summed E-state index contributed by atoms with van der Waals surface area (Å²) in [4.78, 5) is 20.1. The first kappa shape index (κ1) is 23.3. The summed E-state index contributed by atoms with van der Waals surface area (Å²) < 4.78 is 17.6. The molecule has 0 radical (unpaired) electrons. The molecule has 1 amide bonds. The number of nitrogens with zero attached hydrogens (tertiary/aromatic N) is 2. The summed E-state index contributed by atoms with van der Waals surface area (Å²) in [7, 11) is 1.59. The zero-order valence-electron chi connectivity index (χ0n) is 19.8. The zero-order valence-corrected chi connectivity index (χ0v) is 19.8. The Morgan fingerprint density at radius 1 is 1.15 bits per heavy atom. The highest BCUT2D eigenvalue weighted by molar-refractivity contribution is 6.03. The van der Waals surface area contributed by atoms with Crippen molar-refractivity contribution in [1.29, 1.82) is 0 Å². The number of methoxy groups -OCH3 is 1. The first-order chi connectivity index (χ1) is 16.1. The van der Waals surface area contributed by atoms with Gasteiger partial charge in [0.15, 0.2) is 11.5 Å². The molecule has 1 saturated heterocycles. The summed E-state index contributed by atoms with van der Waals surface area (Å²) in [6.45, 7) is 6.19. The van der Waals surface area contributed by atoms with Crippen LogP contribution in [0, 0.1) is 5.92 Å². The number of ether oxygens (including phenoxy) is 3. The number of rotatable bonds is 10.